The summed E-state index contributed by atoms with van der Waals surface area (Å²) < 4.78 is 0. The molecule has 0 saturated heterocycles. The third-order valence-corrected chi connectivity index (χ3v) is 3.38. The summed E-state index contributed by atoms with van der Waals surface area (Å²) in [6, 6.07) is 9.90. The van der Waals surface area contributed by atoms with E-state index in [0.717, 1.165) is 23.6 Å². The van der Waals surface area contributed by atoms with Crippen molar-refractivity contribution in [3.63, 3.8) is 0 Å². The summed E-state index contributed by atoms with van der Waals surface area (Å²) >= 11 is 0. The number of rotatable bonds is 2. The van der Waals surface area contributed by atoms with Gasteiger partial charge >= 0.3 is 0 Å². The molecule has 1 aromatic heterocycles. The van der Waals surface area contributed by atoms with Crippen LogP contribution in [0.25, 0.3) is 10.8 Å². The van der Waals surface area contributed by atoms with Gasteiger partial charge in [-0.1, -0.05) is 30.7 Å². The number of nitrogens with zero attached hydrogens (tertiary/aromatic N) is 1. The molecule has 0 spiro atoms. The number of fused-ring (bicyclic) bond motifs is 1. The Kier molecular flexibility index (Phi) is 2.21. The topological polar surface area (TPSA) is 30.0 Å². The quantitative estimate of drug-likeness (QED) is 0.714. The lowest BCUT2D eigenvalue weighted by Crippen LogP contribution is -2.23. The Morgan fingerprint density at radius 2 is 2.00 bits per heavy atom. The third-order valence-electron chi connectivity index (χ3n) is 3.38. The number of Topliss-reactive ketones (excluding diaryl/α,β-unsaturated/α-hetero) is 1. The number of aromatic nitrogens is 1. The number of carbonyl (C=O) groups excluding carboxylic acids is 1. The van der Waals surface area contributed by atoms with Gasteiger partial charge in [0.1, 0.15) is 5.69 Å². The summed E-state index contributed by atoms with van der Waals surface area (Å²) in [6.45, 7) is 0. The summed E-state index contributed by atoms with van der Waals surface area (Å²) in [5.74, 6) is 0.446. The molecule has 16 heavy (non-hydrogen) atoms. The van der Waals surface area contributed by atoms with Gasteiger partial charge in [-0.3, -0.25) is 9.78 Å². The van der Waals surface area contributed by atoms with Gasteiger partial charge in [-0.25, -0.2) is 0 Å². The molecule has 3 rings (SSSR count). The lowest BCUT2D eigenvalue weighted by atomic mass is 9.80. The molecule has 0 atom stereocenters. The minimum atomic E-state index is 0.221. The van der Waals surface area contributed by atoms with E-state index in [-0.39, 0.29) is 11.7 Å². The van der Waals surface area contributed by atoms with Crippen molar-refractivity contribution >= 4 is 16.6 Å². The lowest BCUT2D eigenvalue weighted by Gasteiger charge is -2.23. The molecule has 0 aliphatic heterocycles. The number of hydrogen-bond acceptors (Lipinski definition) is 2. The van der Waals surface area contributed by atoms with Crippen LogP contribution in [-0.2, 0) is 0 Å². The number of benzene rings is 1. The van der Waals surface area contributed by atoms with Crippen molar-refractivity contribution in [2.24, 2.45) is 5.92 Å². The van der Waals surface area contributed by atoms with E-state index in [1.807, 2.05) is 30.3 Å². The van der Waals surface area contributed by atoms with E-state index in [1.54, 1.807) is 6.20 Å². The average Bonchev–Trinajstić information content (AvgIpc) is 2.26. The van der Waals surface area contributed by atoms with Crippen molar-refractivity contribution in [3.05, 3.63) is 42.2 Å². The van der Waals surface area contributed by atoms with Crippen molar-refractivity contribution in [1.82, 2.24) is 4.98 Å². The van der Waals surface area contributed by atoms with Crippen LogP contribution in [0.4, 0.5) is 0 Å². The molecule has 1 aliphatic carbocycles. The van der Waals surface area contributed by atoms with Gasteiger partial charge < -0.3 is 0 Å². The molecule has 0 unspecified atom stereocenters. The molecule has 2 nitrogen and oxygen atoms in total. The molecule has 1 aliphatic rings. The highest BCUT2D eigenvalue weighted by Crippen LogP contribution is 2.31. The molecule has 0 N–H and O–H groups in total. The molecule has 1 saturated carbocycles. The Balaban J connectivity index is 2.12. The fraction of sp³-hybridized carbons (Fsp3) is 0.286. The maximum atomic E-state index is 12.2. The number of pyridine rings is 1. The molecule has 0 bridgehead atoms. The Morgan fingerprint density at radius 1 is 1.19 bits per heavy atom. The normalized spacial score (nSPS) is 16.0. The summed E-state index contributed by atoms with van der Waals surface area (Å²) in [7, 11) is 0. The first-order valence-electron chi connectivity index (χ1n) is 5.74. The largest absolute Gasteiger partial charge is 0.292 e. The van der Waals surface area contributed by atoms with Crippen molar-refractivity contribution in [1.29, 1.82) is 0 Å². The molecule has 80 valence electrons. The number of hydrogen-bond donors (Lipinski definition) is 0. The van der Waals surface area contributed by atoms with Gasteiger partial charge in [-0.2, -0.15) is 0 Å². The van der Waals surface area contributed by atoms with Gasteiger partial charge in [0.2, 0.25) is 0 Å². The second-order valence-electron chi connectivity index (χ2n) is 4.37. The van der Waals surface area contributed by atoms with Crippen LogP contribution in [0.15, 0.2) is 36.5 Å². The van der Waals surface area contributed by atoms with Crippen LogP contribution in [0, 0.1) is 5.92 Å². The summed E-state index contributed by atoms with van der Waals surface area (Å²) in [5, 5.41) is 2.09. The predicted octanol–water partition coefficient (Wildman–Crippen LogP) is 3.22. The molecule has 0 amide bonds. The molecule has 0 radical (unpaired) electrons. The first-order chi connectivity index (χ1) is 7.86. The monoisotopic (exact) mass is 211 g/mol. The molecular weight excluding hydrogens is 198 g/mol. The molecule has 1 heterocycles. The Hall–Kier alpha value is -1.70. The van der Waals surface area contributed by atoms with E-state index in [2.05, 4.69) is 4.98 Å². The first-order valence-corrected chi connectivity index (χ1v) is 5.74. The molecule has 2 aromatic rings. The van der Waals surface area contributed by atoms with E-state index in [9.17, 15) is 4.79 Å². The minimum Gasteiger partial charge on any atom is -0.292 e. The zero-order valence-electron chi connectivity index (χ0n) is 9.02. The highest BCUT2D eigenvalue weighted by Gasteiger charge is 2.27. The Labute approximate surface area is 94.3 Å². The van der Waals surface area contributed by atoms with E-state index >= 15 is 0 Å². The van der Waals surface area contributed by atoms with Crippen molar-refractivity contribution in [3.8, 4) is 0 Å². The fourth-order valence-electron chi connectivity index (χ4n) is 2.18. The van der Waals surface area contributed by atoms with E-state index < -0.39 is 0 Å². The zero-order valence-corrected chi connectivity index (χ0v) is 9.02. The Morgan fingerprint density at radius 3 is 2.75 bits per heavy atom. The van der Waals surface area contributed by atoms with Gasteiger partial charge in [0.05, 0.1) is 0 Å². The van der Waals surface area contributed by atoms with Crippen LogP contribution in [0.3, 0.4) is 0 Å². The summed E-state index contributed by atoms with van der Waals surface area (Å²) in [6.07, 6.45) is 4.98. The van der Waals surface area contributed by atoms with Crippen LogP contribution in [0.2, 0.25) is 0 Å². The highest BCUT2D eigenvalue weighted by molar-refractivity contribution is 6.07. The average molecular weight is 211 g/mol. The van der Waals surface area contributed by atoms with Crippen LogP contribution < -0.4 is 0 Å². The molecule has 1 aromatic carbocycles. The second-order valence-corrected chi connectivity index (χ2v) is 4.37. The van der Waals surface area contributed by atoms with Gasteiger partial charge in [0, 0.05) is 17.5 Å². The van der Waals surface area contributed by atoms with Gasteiger partial charge in [-0.05, 0) is 24.3 Å². The van der Waals surface area contributed by atoms with Crippen LogP contribution in [0.5, 0.6) is 0 Å². The highest BCUT2D eigenvalue weighted by atomic mass is 16.1. The van der Waals surface area contributed by atoms with E-state index in [1.165, 1.54) is 6.42 Å². The van der Waals surface area contributed by atoms with Gasteiger partial charge in [-0.15, -0.1) is 0 Å². The fourth-order valence-corrected chi connectivity index (χ4v) is 2.18. The van der Waals surface area contributed by atoms with Crippen LogP contribution >= 0.6 is 0 Å². The van der Waals surface area contributed by atoms with Gasteiger partial charge in [0.15, 0.2) is 5.78 Å². The van der Waals surface area contributed by atoms with Gasteiger partial charge in [0.25, 0.3) is 0 Å². The van der Waals surface area contributed by atoms with E-state index in [0.29, 0.717) is 5.69 Å². The van der Waals surface area contributed by atoms with Crippen molar-refractivity contribution < 1.29 is 4.79 Å². The van der Waals surface area contributed by atoms with E-state index in [4.69, 9.17) is 0 Å². The predicted molar refractivity (Wildman–Crippen MR) is 63.4 cm³/mol. The standard InChI is InChI=1S/C14H13NO/c16-14(11-5-3-6-11)13-12-7-2-1-4-10(12)8-9-15-13/h1-2,4,7-9,11H,3,5-6H2. The molecule has 2 heteroatoms. The Bertz CT molecular complexity index is 538. The summed E-state index contributed by atoms with van der Waals surface area (Å²) in [5.41, 5.74) is 0.655. The van der Waals surface area contributed by atoms with Crippen LogP contribution in [-0.4, -0.2) is 10.8 Å². The van der Waals surface area contributed by atoms with Crippen molar-refractivity contribution in [2.45, 2.75) is 19.3 Å². The number of ketones is 1. The zero-order chi connectivity index (χ0) is 11.0. The molecule has 1 fully saturated rings. The van der Waals surface area contributed by atoms with Crippen LogP contribution in [0.1, 0.15) is 29.8 Å². The summed E-state index contributed by atoms with van der Waals surface area (Å²) in [4.78, 5) is 16.4. The lowest BCUT2D eigenvalue weighted by molar-refractivity contribution is 0.0852. The smallest absolute Gasteiger partial charge is 0.184 e. The second kappa shape index (κ2) is 3.71. The maximum Gasteiger partial charge on any atom is 0.184 e. The SMILES string of the molecule is O=C(c1nccc2ccccc12)C1CCC1. The third kappa shape index (κ3) is 1.42. The minimum absolute atomic E-state index is 0.221. The first kappa shape index (κ1) is 9.52. The van der Waals surface area contributed by atoms with Crippen molar-refractivity contribution in [2.75, 3.05) is 0 Å². The molecular formula is C14H13NO. The number of carbonyl (C=O) groups is 1. The maximum absolute atomic E-state index is 12.2.